The minimum atomic E-state index is -0.0736. The molecule has 0 aliphatic carbocycles. The molecule has 3 rings (SSSR count). The fourth-order valence-corrected chi connectivity index (χ4v) is 3.13. The molecule has 0 aliphatic rings. The summed E-state index contributed by atoms with van der Waals surface area (Å²) in [6.07, 6.45) is 0. The predicted octanol–water partition coefficient (Wildman–Crippen LogP) is 4.94. The van der Waals surface area contributed by atoms with E-state index in [4.69, 9.17) is 0 Å². The first kappa shape index (κ1) is 16.6. The van der Waals surface area contributed by atoms with E-state index in [0.717, 1.165) is 22.2 Å². The number of thioether (sulfide) groups is 1. The van der Waals surface area contributed by atoms with E-state index in [1.165, 1.54) is 10.5 Å². The number of nitrogens with one attached hydrogen (secondary N) is 2. The van der Waals surface area contributed by atoms with E-state index in [-0.39, 0.29) is 11.8 Å². The smallest absolute Gasteiger partial charge is 0.228 e. The minimum absolute atomic E-state index is 0.0310. The third-order valence-electron chi connectivity index (χ3n) is 3.83. The van der Waals surface area contributed by atoms with Crippen molar-refractivity contribution in [2.75, 3.05) is 11.1 Å². The van der Waals surface area contributed by atoms with Gasteiger partial charge in [-0.05, 0) is 41.1 Å². The summed E-state index contributed by atoms with van der Waals surface area (Å²) in [7, 11) is 0. The van der Waals surface area contributed by atoms with Crippen molar-refractivity contribution >= 4 is 34.4 Å². The van der Waals surface area contributed by atoms with Gasteiger partial charge in [0.2, 0.25) is 5.91 Å². The number of benzene rings is 2. The number of aromatic nitrogens is 2. The fourth-order valence-electron chi connectivity index (χ4n) is 2.47. The van der Waals surface area contributed by atoms with Crippen LogP contribution in [0.5, 0.6) is 0 Å². The number of hydrogen-bond donors (Lipinski definition) is 2. The van der Waals surface area contributed by atoms with Crippen LogP contribution in [0.15, 0.2) is 47.4 Å². The Bertz CT molecular complexity index is 853. The molecule has 2 aromatic carbocycles. The summed E-state index contributed by atoms with van der Waals surface area (Å²) in [5.74, 6) is 1.56. The van der Waals surface area contributed by atoms with Crippen molar-refractivity contribution in [2.24, 2.45) is 5.92 Å². The number of amides is 1. The third kappa shape index (κ3) is 3.46. The first-order valence-electron chi connectivity index (χ1n) is 8.10. The largest absolute Gasteiger partial charge is 0.308 e. The molecule has 0 fully saturated rings. The molecule has 0 bridgehead atoms. The summed E-state index contributed by atoms with van der Waals surface area (Å²) in [6.45, 7) is 5.88. The number of fused-ring (bicyclic) bond motifs is 1. The molecule has 0 saturated heterocycles. The highest BCUT2D eigenvalue weighted by Gasteiger charge is 2.12. The summed E-state index contributed by atoms with van der Waals surface area (Å²) in [6, 6.07) is 14.7. The normalized spacial score (nSPS) is 11.2. The van der Waals surface area contributed by atoms with Crippen molar-refractivity contribution in [1.82, 2.24) is 10.2 Å². The second-order valence-corrected chi connectivity index (χ2v) is 7.27. The molecule has 5 heteroatoms. The summed E-state index contributed by atoms with van der Waals surface area (Å²) < 4.78 is 0. The number of H-pyrrole nitrogens is 1. The standard InChI is InChI=1S/C19H21N3OS/c1-4-24-15-8-5-13(6-9-15)14-7-10-16-17(11-14)21-22-18(16)20-19(23)12(2)3/h5-12H,4H2,1-3H3,(H2,20,21,22,23). The van der Waals surface area contributed by atoms with Gasteiger partial charge >= 0.3 is 0 Å². The highest BCUT2D eigenvalue weighted by molar-refractivity contribution is 7.99. The van der Waals surface area contributed by atoms with Crippen molar-refractivity contribution < 1.29 is 4.79 Å². The van der Waals surface area contributed by atoms with Crippen LogP contribution in [0.3, 0.4) is 0 Å². The summed E-state index contributed by atoms with van der Waals surface area (Å²) in [5, 5.41) is 11.0. The SMILES string of the molecule is CCSc1ccc(-c2ccc3c(NC(=O)C(C)C)n[nH]c3c2)cc1. The zero-order chi connectivity index (χ0) is 17.1. The Morgan fingerprint density at radius 2 is 1.88 bits per heavy atom. The molecular weight excluding hydrogens is 318 g/mol. The zero-order valence-electron chi connectivity index (χ0n) is 14.1. The lowest BCUT2D eigenvalue weighted by Crippen LogP contribution is -2.18. The number of hydrogen-bond acceptors (Lipinski definition) is 3. The molecular formula is C19H21N3OS. The average Bonchev–Trinajstić information content (AvgIpc) is 2.98. The van der Waals surface area contributed by atoms with Crippen molar-refractivity contribution in [3.8, 4) is 11.1 Å². The van der Waals surface area contributed by atoms with Crippen molar-refractivity contribution in [1.29, 1.82) is 0 Å². The van der Waals surface area contributed by atoms with E-state index < -0.39 is 0 Å². The van der Waals surface area contributed by atoms with Gasteiger partial charge in [0.1, 0.15) is 0 Å². The Balaban J connectivity index is 1.88. The molecule has 0 saturated carbocycles. The number of rotatable bonds is 5. The first-order valence-corrected chi connectivity index (χ1v) is 9.09. The second kappa shape index (κ2) is 7.09. The lowest BCUT2D eigenvalue weighted by Gasteiger charge is -2.06. The zero-order valence-corrected chi connectivity index (χ0v) is 14.9. The molecule has 0 spiro atoms. The van der Waals surface area contributed by atoms with E-state index >= 15 is 0 Å². The molecule has 0 radical (unpaired) electrons. The highest BCUT2D eigenvalue weighted by Crippen LogP contribution is 2.28. The Morgan fingerprint density at radius 3 is 2.54 bits per heavy atom. The topological polar surface area (TPSA) is 57.8 Å². The quantitative estimate of drug-likeness (QED) is 0.648. The molecule has 24 heavy (non-hydrogen) atoms. The van der Waals surface area contributed by atoms with E-state index in [1.807, 2.05) is 31.7 Å². The van der Waals surface area contributed by atoms with Gasteiger partial charge in [0.15, 0.2) is 5.82 Å². The number of carbonyl (C=O) groups excluding carboxylic acids is 1. The van der Waals surface area contributed by atoms with E-state index in [2.05, 4.69) is 58.8 Å². The lowest BCUT2D eigenvalue weighted by molar-refractivity contribution is -0.118. The molecule has 4 nitrogen and oxygen atoms in total. The van der Waals surface area contributed by atoms with E-state index in [0.29, 0.717) is 5.82 Å². The number of nitrogens with zero attached hydrogens (tertiary/aromatic N) is 1. The summed E-state index contributed by atoms with van der Waals surface area (Å²) >= 11 is 1.84. The fraction of sp³-hybridized carbons (Fsp3) is 0.263. The molecule has 1 heterocycles. The minimum Gasteiger partial charge on any atom is -0.308 e. The Hall–Kier alpha value is -2.27. The van der Waals surface area contributed by atoms with Crippen molar-refractivity contribution in [2.45, 2.75) is 25.7 Å². The second-order valence-electron chi connectivity index (χ2n) is 5.93. The van der Waals surface area contributed by atoms with Crippen LogP contribution in [0.1, 0.15) is 20.8 Å². The maximum atomic E-state index is 11.9. The van der Waals surface area contributed by atoms with Gasteiger partial charge in [-0.1, -0.05) is 39.0 Å². The third-order valence-corrected chi connectivity index (χ3v) is 4.72. The Labute approximate surface area is 146 Å². The van der Waals surface area contributed by atoms with E-state index in [1.54, 1.807) is 0 Å². The van der Waals surface area contributed by atoms with E-state index in [9.17, 15) is 4.79 Å². The van der Waals surface area contributed by atoms with Crippen LogP contribution >= 0.6 is 11.8 Å². The maximum absolute atomic E-state index is 11.9. The molecule has 0 aliphatic heterocycles. The van der Waals surface area contributed by atoms with Crippen molar-refractivity contribution in [3.05, 3.63) is 42.5 Å². The summed E-state index contributed by atoms with van der Waals surface area (Å²) in [4.78, 5) is 13.1. The number of carbonyl (C=O) groups is 1. The van der Waals surface area contributed by atoms with Crippen LogP contribution in [0.25, 0.3) is 22.0 Å². The van der Waals surface area contributed by atoms with Gasteiger partial charge in [-0.2, -0.15) is 5.10 Å². The Morgan fingerprint density at radius 1 is 1.17 bits per heavy atom. The van der Waals surface area contributed by atoms with Crippen LogP contribution in [-0.2, 0) is 4.79 Å². The van der Waals surface area contributed by atoms with Crippen molar-refractivity contribution in [3.63, 3.8) is 0 Å². The number of aromatic amines is 1. The maximum Gasteiger partial charge on any atom is 0.228 e. The predicted molar refractivity (Wildman–Crippen MR) is 101 cm³/mol. The average molecular weight is 339 g/mol. The first-order chi connectivity index (χ1) is 11.6. The van der Waals surface area contributed by atoms with Crippen LogP contribution in [0.2, 0.25) is 0 Å². The molecule has 2 N–H and O–H groups in total. The molecule has 0 atom stereocenters. The number of anilines is 1. The monoisotopic (exact) mass is 339 g/mol. The summed E-state index contributed by atoms with van der Waals surface area (Å²) in [5.41, 5.74) is 3.21. The van der Waals surface area contributed by atoms with Gasteiger partial charge < -0.3 is 5.32 Å². The molecule has 1 amide bonds. The van der Waals surface area contributed by atoms with Crippen LogP contribution < -0.4 is 5.32 Å². The lowest BCUT2D eigenvalue weighted by atomic mass is 10.0. The molecule has 0 unspecified atom stereocenters. The van der Waals surface area contributed by atoms with Crippen LogP contribution in [-0.4, -0.2) is 21.9 Å². The molecule has 3 aromatic rings. The van der Waals surface area contributed by atoms with Crippen LogP contribution in [0.4, 0.5) is 5.82 Å². The highest BCUT2D eigenvalue weighted by atomic mass is 32.2. The van der Waals surface area contributed by atoms with Crippen LogP contribution in [0, 0.1) is 5.92 Å². The Kier molecular flexibility index (Phi) is 4.90. The molecule has 124 valence electrons. The van der Waals surface area contributed by atoms with Gasteiger partial charge in [-0.15, -0.1) is 11.8 Å². The van der Waals surface area contributed by atoms with Gasteiger partial charge in [-0.25, -0.2) is 0 Å². The van der Waals surface area contributed by atoms with Gasteiger partial charge in [0.25, 0.3) is 0 Å². The van der Waals surface area contributed by atoms with Gasteiger partial charge in [0.05, 0.1) is 5.52 Å². The van der Waals surface area contributed by atoms with Gasteiger partial charge in [0, 0.05) is 16.2 Å². The van der Waals surface area contributed by atoms with Gasteiger partial charge in [-0.3, -0.25) is 9.89 Å². The molecule has 1 aromatic heterocycles.